The molecule has 0 aliphatic heterocycles. The molecule has 0 amide bonds. The number of nitrogens with zero attached hydrogens (tertiary/aromatic N) is 3. The van der Waals surface area contributed by atoms with Crippen LogP contribution in [-0.4, -0.2) is 21.6 Å². The molecular formula is C19H13N3O2S. The summed E-state index contributed by atoms with van der Waals surface area (Å²) in [5.74, 6) is -0.496. The fourth-order valence-corrected chi connectivity index (χ4v) is 3.21. The number of carbonyl (C=O) groups is 1. The van der Waals surface area contributed by atoms with Crippen LogP contribution in [-0.2, 0) is 4.84 Å². The van der Waals surface area contributed by atoms with Gasteiger partial charge in [0.05, 0.1) is 23.2 Å². The van der Waals surface area contributed by atoms with Gasteiger partial charge in [0.25, 0.3) is 0 Å². The Morgan fingerprint density at radius 2 is 1.80 bits per heavy atom. The zero-order chi connectivity index (χ0) is 17.1. The first kappa shape index (κ1) is 15.3. The fourth-order valence-electron chi connectivity index (χ4n) is 2.49. The molecule has 0 fully saturated rings. The summed E-state index contributed by atoms with van der Waals surface area (Å²) in [5.41, 5.74) is 3.00. The second-order valence-electron chi connectivity index (χ2n) is 5.25. The molecule has 122 valence electrons. The molecule has 0 aliphatic carbocycles. The zero-order valence-electron chi connectivity index (χ0n) is 13.1. The van der Waals surface area contributed by atoms with Crippen LogP contribution in [0, 0.1) is 0 Å². The minimum absolute atomic E-state index is 0.455. The summed E-state index contributed by atoms with van der Waals surface area (Å²) in [6.07, 6.45) is 3.44. The van der Waals surface area contributed by atoms with E-state index >= 15 is 0 Å². The number of hydrogen-bond acceptors (Lipinski definition) is 5. The topological polar surface area (TPSA) is 56.0 Å². The standard InChI is InChI=1S/C19H13N3O2S/c23-18(15-9-5-2-6-10-15)24-20-13-16-17(14-7-3-1-4-8-14)21-19-22(16)11-12-25-19/h1-13H/b20-13+. The van der Waals surface area contributed by atoms with Crippen LogP contribution in [0.25, 0.3) is 16.2 Å². The maximum Gasteiger partial charge on any atom is 0.365 e. The van der Waals surface area contributed by atoms with Crippen molar-refractivity contribution in [1.82, 2.24) is 9.38 Å². The summed E-state index contributed by atoms with van der Waals surface area (Å²) in [6, 6.07) is 18.6. The normalized spacial score (nSPS) is 11.2. The van der Waals surface area contributed by atoms with Crippen LogP contribution >= 0.6 is 11.3 Å². The number of aromatic nitrogens is 2. The third-order valence-corrected chi connectivity index (χ3v) is 4.42. The molecule has 2 aromatic heterocycles. The maximum atomic E-state index is 12.0. The summed E-state index contributed by atoms with van der Waals surface area (Å²) in [6.45, 7) is 0. The predicted molar refractivity (Wildman–Crippen MR) is 98.0 cm³/mol. The SMILES string of the molecule is O=C(O/N=C/c1c(-c2ccccc2)nc2sccn12)c1ccccc1. The highest BCUT2D eigenvalue weighted by Gasteiger charge is 2.13. The van der Waals surface area contributed by atoms with Gasteiger partial charge in [-0.2, -0.15) is 0 Å². The molecular weight excluding hydrogens is 334 g/mol. The Bertz CT molecular complexity index is 1040. The van der Waals surface area contributed by atoms with E-state index in [1.807, 2.05) is 52.4 Å². The van der Waals surface area contributed by atoms with Gasteiger partial charge >= 0.3 is 5.97 Å². The van der Waals surface area contributed by atoms with E-state index in [1.54, 1.807) is 24.3 Å². The third kappa shape index (κ3) is 3.07. The van der Waals surface area contributed by atoms with Gasteiger partial charge in [-0.25, -0.2) is 9.78 Å². The predicted octanol–water partition coefficient (Wildman–Crippen LogP) is 4.25. The molecule has 0 spiro atoms. The van der Waals surface area contributed by atoms with Crippen LogP contribution in [0.2, 0.25) is 0 Å². The van der Waals surface area contributed by atoms with E-state index in [4.69, 9.17) is 4.84 Å². The Morgan fingerprint density at radius 3 is 2.56 bits per heavy atom. The molecule has 4 aromatic rings. The fraction of sp³-hybridized carbons (Fsp3) is 0. The number of thiazole rings is 1. The summed E-state index contributed by atoms with van der Waals surface area (Å²) < 4.78 is 1.92. The molecule has 5 nitrogen and oxygen atoms in total. The third-order valence-electron chi connectivity index (χ3n) is 3.67. The zero-order valence-corrected chi connectivity index (χ0v) is 13.9. The highest BCUT2D eigenvalue weighted by atomic mass is 32.1. The number of fused-ring (bicyclic) bond motifs is 1. The van der Waals surface area contributed by atoms with Gasteiger partial charge in [0.1, 0.15) is 0 Å². The van der Waals surface area contributed by atoms with Crippen molar-refractivity contribution < 1.29 is 9.63 Å². The summed E-state index contributed by atoms with van der Waals surface area (Å²) >= 11 is 1.54. The van der Waals surface area contributed by atoms with E-state index in [0.717, 1.165) is 21.9 Å². The minimum Gasteiger partial charge on any atom is -0.313 e. The van der Waals surface area contributed by atoms with E-state index in [-0.39, 0.29) is 0 Å². The molecule has 0 saturated heterocycles. The smallest absolute Gasteiger partial charge is 0.313 e. The van der Waals surface area contributed by atoms with Gasteiger partial charge in [0, 0.05) is 17.1 Å². The highest BCUT2D eigenvalue weighted by molar-refractivity contribution is 7.15. The maximum absolute atomic E-state index is 12.0. The summed E-state index contributed by atoms with van der Waals surface area (Å²) in [5, 5.41) is 5.82. The molecule has 0 aliphatic rings. The lowest BCUT2D eigenvalue weighted by atomic mass is 10.1. The molecule has 0 bridgehead atoms. The molecule has 2 heterocycles. The van der Waals surface area contributed by atoms with Gasteiger partial charge in [0.2, 0.25) is 0 Å². The largest absolute Gasteiger partial charge is 0.365 e. The van der Waals surface area contributed by atoms with Crippen molar-refractivity contribution >= 4 is 28.5 Å². The van der Waals surface area contributed by atoms with Gasteiger partial charge in [-0.05, 0) is 12.1 Å². The average molecular weight is 347 g/mol. The van der Waals surface area contributed by atoms with E-state index < -0.39 is 5.97 Å². The lowest BCUT2D eigenvalue weighted by Gasteiger charge is -2.00. The average Bonchev–Trinajstić information content (AvgIpc) is 3.25. The summed E-state index contributed by atoms with van der Waals surface area (Å²) in [4.78, 5) is 22.5. The van der Waals surface area contributed by atoms with E-state index in [1.165, 1.54) is 17.6 Å². The first-order valence-corrected chi connectivity index (χ1v) is 8.51. The van der Waals surface area contributed by atoms with Gasteiger partial charge in [0.15, 0.2) is 4.96 Å². The minimum atomic E-state index is -0.496. The van der Waals surface area contributed by atoms with Crippen LogP contribution in [0.3, 0.4) is 0 Å². The number of rotatable bonds is 4. The van der Waals surface area contributed by atoms with E-state index in [2.05, 4.69) is 10.1 Å². The van der Waals surface area contributed by atoms with Gasteiger partial charge in [-0.15, -0.1) is 11.3 Å². The quantitative estimate of drug-likeness (QED) is 0.315. The lowest BCUT2D eigenvalue weighted by molar-refractivity contribution is 0.0519. The van der Waals surface area contributed by atoms with Crippen LogP contribution in [0.5, 0.6) is 0 Å². The molecule has 4 rings (SSSR count). The van der Waals surface area contributed by atoms with Crippen molar-refractivity contribution in [3.63, 3.8) is 0 Å². The Balaban J connectivity index is 1.64. The van der Waals surface area contributed by atoms with Crippen LogP contribution in [0.15, 0.2) is 77.4 Å². The van der Waals surface area contributed by atoms with Crippen molar-refractivity contribution in [3.8, 4) is 11.3 Å². The number of hydrogen-bond donors (Lipinski definition) is 0. The van der Waals surface area contributed by atoms with E-state index in [0.29, 0.717) is 5.56 Å². The molecule has 0 atom stereocenters. The van der Waals surface area contributed by atoms with Crippen LogP contribution in [0.4, 0.5) is 0 Å². The Morgan fingerprint density at radius 1 is 1.08 bits per heavy atom. The van der Waals surface area contributed by atoms with Crippen LogP contribution < -0.4 is 0 Å². The second kappa shape index (κ2) is 6.70. The molecule has 0 unspecified atom stereocenters. The molecule has 0 N–H and O–H groups in total. The number of carbonyl (C=O) groups excluding carboxylic acids is 1. The Hall–Kier alpha value is -3.25. The number of imidazole rings is 1. The van der Waals surface area contributed by atoms with Crippen molar-refractivity contribution in [2.24, 2.45) is 5.16 Å². The van der Waals surface area contributed by atoms with Gasteiger partial charge in [-0.3, -0.25) is 4.40 Å². The van der Waals surface area contributed by atoms with Gasteiger partial charge < -0.3 is 4.84 Å². The molecule has 0 radical (unpaired) electrons. The van der Waals surface area contributed by atoms with Crippen molar-refractivity contribution in [2.75, 3.05) is 0 Å². The van der Waals surface area contributed by atoms with Crippen molar-refractivity contribution in [3.05, 3.63) is 83.5 Å². The molecule has 0 saturated carbocycles. The number of benzene rings is 2. The Kier molecular flexibility index (Phi) is 4.10. The molecule has 2 aromatic carbocycles. The Labute approximate surface area is 147 Å². The first-order valence-electron chi connectivity index (χ1n) is 7.63. The van der Waals surface area contributed by atoms with Crippen LogP contribution in [0.1, 0.15) is 16.1 Å². The van der Waals surface area contributed by atoms with Crippen molar-refractivity contribution in [1.29, 1.82) is 0 Å². The highest BCUT2D eigenvalue weighted by Crippen LogP contribution is 2.25. The van der Waals surface area contributed by atoms with E-state index in [9.17, 15) is 4.79 Å². The van der Waals surface area contributed by atoms with Gasteiger partial charge in [-0.1, -0.05) is 53.7 Å². The monoisotopic (exact) mass is 347 g/mol. The molecule has 25 heavy (non-hydrogen) atoms. The lowest BCUT2D eigenvalue weighted by Crippen LogP contribution is -2.01. The number of oxime groups is 1. The first-order chi connectivity index (χ1) is 12.3. The second-order valence-corrected chi connectivity index (χ2v) is 6.12. The molecule has 6 heteroatoms. The summed E-state index contributed by atoms with van der Waals surface area (Å²) in [7, 11) is 0. The van der Waals surface area contributed by atoms with Crippen molar-refractivity contribution in [2.45, 2.75) is 0 Å².